The van der Waals surface area contributed by atoms with Crippen LogP contribution < -0.4 is 5.56 Å². The highest BCUT2D eigenvalue weighted by molar-refractivity contribution is 5.77. The molecule has 0 saturated carbocycles. The molecule has 1 heterocycles. The van der Waals surface area contributed by atoms with Gasteiger partial charge in [-0.3, -0.25) is 4.79 Å². The highest BCUT2D eigenvalue weighted by Crippen LogP contribution is 2.09. The highest BCUT2D eigenvalue weighted by atomic mass is 16.1. The maximum Gasteiger partial charge on any atom is 0.280 e. The first-order valence-corrected chi connectivity index (χ1v) is 5.27. The van der Waals surface area contributed by atoms with Crippen LogP contribution in [0.1, 0.15) is 19.8 Å². The Labute approximate surface area is 88.4 Å². The van der Waals surface area contributed by atoms with E-state index in [0.29, 0.717) is 5.39 Å². The minimum Gasteiger partial charge on any atom is -0.332 e. The normalized spacial score (nSPS) is 10.7. The zero-order valence-corrected chi connectivity index (χ0v) is 8.81. The number of aromatic nitrogens is 2. The van der Waals surface area contributed by atoms with Gasteiger partial charge in [0.05, 0.1) is 17.2 Å². The maximum absolute atomic E-state index is 11.5. The SMILES string of the molecule is CCCCn1cnc(=O)c2ccccc21. The Morgan fingerprint density at radius 2 is 2.13 bits per heavy atom. The van der Waals surface area contributed by atoms with Gasteiger partial charge in [0.1, 0.15) is 0 Å². The number of unbranched alkanes of at least 4 members (excludes halogenated alkanes) is 1. The zero-order valence-electron chi connectivity index (χ0n) is 8.81. The molecule has 0 bridgehead atoms. The summed E-state index contributed by atoms with van der Waals surface area (Å²) < 4.78 is 2.04. The molecule has 1 aromatic heterocycles. The molecule has 78 valence electrons. The average molecular weight is 202 g/mol. The lowest BCUT2D eigenvalue weighted by Crippen LogP contribution is -2.12. The van der Waals surface area contributed by atoms with Gasteiger partial charge in [-0.2, -0.15) is 4.98 Å². The number of aryl methyl sites for hydroxylation is 1. The molecule has 15 heavy (non-hydrogen) atoms. The Morgan fingerprint density at radius 1 is 1.33 bits per heavy atom. The second kappa shape index (κ2) is 4.26. The number of fused-ring (bicyclic) bond motifs is 1. The van der Waals surface area contributed by atoms with Crippen molar-refractivity contribution in [1.29, 1.82) is 0 Å². The molecule has 2 aromatic rings. The largest absolute Gasteiger partial charge is 0.332 e. The lowest BCUT2D eigenvalue weighted by Gasteiger charge is -2.08. The van der Waals surface area contributed by atoms with E-state index in [4.69, 9.17) is 0 Å². The number of benzene rings is 1. The molecule has 0 saturated heterocycles. The van der Waals surface area contributed by atoms with Gasteiger partial charge in [-0.15, -0.1) is 0 Å². The molecule has 1 aromatic carbocycles. The van der Waals surface area contributed by atoms with Crippen LogP contribution in [-0.2, 0) is 6.54 Å². The van der Waals surface area contributed by atoms with E-state index in [2.05, 4.69) is 11.9 Å². The van der Waals surface area contributed by atoms with Gasteiger partial charge < -0.3 is 4.57 Å². The van der Waals surface area contributed by atoms with Gasteiger partial charge in [-0.1, -0.05) is 25.5 Å². The summed E-state index contributed by atoms with van der Waals surface area (Å²) in [5.74, 6) is 0. The second-order valence-corrected chi connectivity index (χ2v) is 3.61. The van der Waals surface area contributed by atoms with Crippen molar-refractivity contribution in [1.82, 2.24) is 9.55 Å². The molecule has 0 aliphatic carbocycles. The van der Waals surface area contributed by atoms with Crippen LogP contribution in [0, 0.1) is 0 Å². The van der Waals surface area contributed by atoms with Crippen molar-refractivity contribution < 1.29 is 0 Å². The summed E-state index contributed by atoms with van der Waals surface area (Å²) in [4.78, 5) is 15.3. The Morgan fingerprint density at radius 3 is 2.93 bits per heavy atom. The molecular formula is C12H14N2O. The molecular weight excluding hydrogens is 188 g/mol. The Kier molecular flexibility index (Phi) is 2.81. The van der Waals surface area contributed by atoms with Crippen molar-refractivity contribution >= 4 is 10.9 Å². The summed E-state index contributed by atoms with van der Waals surface area (Å²) in [6, 6.07) is 7.61. The Bertz CT molecular complexity index is 516. The molecule has 2 rings (SSSR count). The van der Waals surface area contributed by atoms with Crippen molar-refractivity contribution in [2.24, 2.45) is 0 Å². The quantitative estimate of drug-likeness (QED) is 0.764. The van der Waals surface area contributed by atoms with Crippen LogP contribution >= 0.6 is 0 Å². The van der Waals surface area contributed by atoms with E-state index in [9.17, 15) is 4.79 Å². The third-order valence-electron chi connectivity index (χ3n) is 2.51. The number of hydrogen-bond acceptors (Lipinski definition) is 2. The second-order valence-electron chi connectivity index (χ2n) is 3.61. The predicted octanol–water partition coefficient (Wildman–Crippen LogP) is 2.20. The molecule has 0 aliphatic heterocycles. The first kappa shape index (κ1) is 9.90. The molecule has 0 amide bonds. The molecule has 0 atom stereocenters. The van der Waals surface area contributed by atoms with E-state index in [-0.39, 0.29) is 5.56 Å². The fraction of sp³-hybridized carbons (Fsp3) is 0.333. The van der Waals surface area contributed by atoms with Crippen LogP contribution in [-0.4, -0.2) is 9.55 Å². The summed E-state index contributed by atoms with van der Waals surface area (Å²) in [6.45, 7) is 3.07. The van der Waals surface area contributed by atoms with Gasteiger partial charge in [0.15, 0.2) is 0 Å². The third kappa shape index (κ3) is 1.91. The molecule has 0 unspecified atom stereocenters. The number of para-hydroxylation sites is 1. The van der Waals surface area contributed by atoms with Crippen molar-refractivity contribution in [3.05, 3.63) is 40.9 Å². The summed E-state index contributed by atoms with van der Waals surface area (Å²) in [5.41, 5.74) is 0.837. The summed E-state index contributed by atoms with van der Waals surface area (Å²) in [6.07, 6.45) is 3.88. The number of hydrogen-bond donors (Lipinski definition) is 0. The van der Waals surface area contributed by atoms with Crippen LogP contribution in [0.3, 0.4) is 0 Å². The van der Waals surface area contributed by atoms with Gasteiger partial charge in [-0.05, 0) is 18.6 Å². The van der Waals surface area contributed by atoms with E-state index in [0.717, 1.165) is 24.9 Å². The molecule has 3 nitrogen and oxygen atoms in total. The minimum atomic E-state index is -0.140. The third-order valence-corrected chi connectivity index (χ3v) is 2.51. The van der Waals surface area contributed by atoms with Gasteiger partial charge in [0.2, 0.25) is 0 Å². The van der Waals surface area contributed by atoms with Crippen molar-refractivity contribution in [3.8, 4) is 0 Å². The topological polar surface area (TPSA) is 34.9 Å². The molecule has 0 N–H and O–H groups in total. The van der Waals surface area contributed by atoms with Crippen LogP contribution in [0.2, 0.25) is 0 Å². The predicted molar refractivity (Wildman–Crippen MR) is 60.9 cm³/mol. The standard InChI is InChI=1S/C12H14N2O/c1-2-3-8-14-9-13-12(15)10-6-4-5-7-11(10)14/h4-7,9H,2-3,8H2,1H3. The fourth-order valence-corrected chi connectivity index (χ4v) is 1.67. The first-order chi connectivity index (χ1) is 7.33. The average Bonchev–Trinajstić information content (AvgIpc) is 2.29. The van der Waals surface area contributed by atoms with Gasteiger partial charge >= 0.3 is 0 Å². The fourth-order valence-electron chi connectivity index (χ4n) is 1.67. The monoisotopic (exact) mass is 202 g/mol. The smallest absolute Gasteiger partial charge is 0.280 e. The van der Waals surface area contributed by atoms with Crippen LogP contribution in [0.5, 0.6) is 0 Å². The minimum absolute atomic E-state index is 0.140. The van der Waals surface area contributed by atoms with Gasteiger partial charge in [-0.25, -0.2) is 0 Å². The molecule has 0 aliphatic rings. The lowest BCUT2D eigenvalue weighted by atomic mass is 10.2. The van der Waals surface area contributed by atoms with E-state index in [1.165, 1.54) is 0 Å². The lowest BCUT2D eigenvalue weighted by molar-refractivity contribution is 0.636. The molecule has 0 spiro atoms. The van der Waals surface area contributed by atoms with E-state index in [1.54, 1.807) is 6.33 Å². The van der Waals surface area contributed by atoms with E-state index < -0.39 is 0 Å². The van der Waals surface area contributed by atoms with Crippen LogP contribution in [0.25, 0.3) is 10.9 Å². The van der Waals surface area contributed by atoms with Gasteiger partial charge in [0, 0.05) is 6.54 Å². The number of nitrogens with zero attached hydrogens (tertiary/aromatic N) is 2. The summed E-state index contributed by atoms with van der Waals surface area (Å²) in [5, 5.41) is 0.705. The van der Waals surface area contributed by atoms with E-state index in [1.807, 2.05) is 28.8 Å². The highest BCUT2D eigenvalue weighted by Gasteiger charge is 2.01. The van der Waals surface area contributed by atoms with Crippen molar-refractivity contribution in [2.45, 2.75) is 26.3 Å². The van der Waals surface area contributed by atoms with Crippen LogP contribution in [0.4, 0.5) is 0 Å². The van der Waals surface area contributed by atoms with Crippen molar-refractivity contribution in [2.75, 3.05) is 0 Å². The van der Waals surface area contributed by atoms with Gasteiger partial charge in [0.25, 0.3) is 5.56 Å². The Balaban J connectivity index is 2.56. The summed E-state index contributed by atoms with van der Waals surface area (Å²) >= 11 is 0. The zero-order chi connectivity index (χ0) is 10.7. The molecule has 0 radical (unpaired) electrons. The first-order valence-electron chi connectivity index (χ1n) is 5.27. The maximum atomic E-state index is 11.5. The van der Waals surface area contributed by atoms with Crippen LogP contribution in [0.15, 0.2) is 35.4 Å². The van der Waals surface area contributed by atoms with Crippen molar-refractivity contribution in [3.63, 3.8) is 0 Å². The Hall–Kier alpha value is -1.64. The molecule has 0 fully saturated rings. The van der Waals surface area contributed by atoms with E-state index >= 15 is 0 Å². The molecule has 3 heteroatoms. The number of rotatable bonds is 3. The summed E-state index contributed by atoms with van der Waals surface area (Å²) in [7, 11) is 0.